The van der Waals surface area contributed by atoms with Gasteiger partial charge in [0.15, 0.2) is 0 Å². The fourth-order valence-corrected chi connectivity index (χ4v) is 2.25. The van der Waals surface area contributed by atoms with Crippen molar-refractivity contribution in [2.45, 2.75) is 6.92 Å². The third kappa shape index (κ3) is 3.93. The second-order valence-electron chi connectivity index (χ2n) is 5.22. The lowest BCUT2D eigenvalue weighted by molar-refractivity contribution is -0.132. The van der Waals surface area contributed by atoms with Crippen LogP contribution in [-0.4, -0.2) is 17.4 Å². The lowest BCUT2D eigenvalue weighted by atomic mass is 10.0. The molecular weight excluding hydrogens is 300 g/mol. The molecule has 2 aromatic rings. The Labute approximate surface area is 140 Å². The molecule has 1 aliphatic rings. The standard InChI is InChI=1S/C20H16N2O2/c1-15(14-18-12-13-19(23)24-18)21-22-20(16-8-4-2-5-9-16)17-10-6-3-7-11-17/h2-14H,1H3/b18-14-,21-15+. The Balaban J connectivity index is 1.94. The molecule has 0 radical (unpaired) electrons. The first-order chi connectivity index (χ1) is 11.7. The van der Waals surface area contributed by atoms with Gasteiger partial charge in [0.1, 0.15) is 11.5 Å². The first kappa shape index (κ1) is 15.6. The molecule has 4 heteroatoms. The van der Waals surface area contributed by atoms with Gasteiger partial charge in [0.2, 0.25) is 0 Å². The maximum Gasteiger partial charge on any atom is 0.336 e. The molecule has 0 saturated heterocycles. The largest absolute Gasteiger partial charge is 0.423 e. The van der Waals surface area contributed by atoms with Crippen molar-refractivity contribution in [2.24, 2.45) is 10.2 Å². The molecule has 0 atom stereocenters. The minimum absolute atomic E-state index is 0.369. The second kappa shape index (κ2) is 7.33. The lowest BCUT2D eigenvalue weighted by Gasteiger charge is -2.05. The summed E-state index contributed by atoms with van der Waals surface area (Å²) in [6, 6.07) is 19.8. The Hall–Kier alpha value is -3.27. The van der Waals surface area contributed by atoms with Crippen molar-refractivity contribution >= 4 is 17.4 Å². The van der Waals surface area contributed by atoms with E-state index in [2.05, 4.69) is 10.2 Å². The van der Waals surface area contributed by atoms with Crippen molar-refractivity contribution in [1.29, 1.82) is 0 Å². The van der Waals surface area contributed by atoms with E-state index >= 15 is 0 Å². The highest BCUT2D eigenvalue weighted by atomic mass is 16.5. The van der Waals surface area contributed by atoms with Crippen LogP contribution < -0.4 is 0 Å². The fraction of sp³-hybridized carbons (Fsp3) is 0.0500. The lowest BCUT2D eigenvalue weighted by Crippen LogP contribution is -2.03. The van der Waals surface area contributed by atoms with Crippen LogP contribution in [0.4, 0.5) is 0 Å². The van der Waals surface area contributed by atoms with Gasteiger partial charge in [0.25, 0.3) is 0 Å². The number of hydrogen-bond acceptors (Lipinski definition) is 4. The molecule has 24 heavy (non-hydrogen) atoms. The summed E-state index contributed by atoms with van der Waals surface area (Å²) >= 11 is 0. The first-order valence-electron chi connectivity index (χ1n) is 7.57. The van der Waals surface area contributed by atoms with Gasteiger partial charge in [-0.2, -0.15) is 5.10 Å². The van der Waals surface area contributed by atoms with Crippen LogP contribution in [0.2, 0.25) is 0 Å². The Bertz CT molecular complexity index is 806. The van der Waals surface area contributed by atoms with Gasteiger partial charge in [-0.3, -0.25) is 0 Å². The monoisotopic (exact) mass is 316 g/mol. The van der Waals surface area contributed by atoms with E-state index in [4.69, 9.17) is 4.74 Å². The van der Waals surface area contributed by atoms with E-state index in [9.17, 15) is 4.79 Å². The van der Waals surface area contributed by atoms with Crippen LogP contribution in [0, 0.1) is 0 Å². The van der Waals surface area contributed by atoms with Crippen LogP contribution in [0.15, 0.2) is 94.9 Å². The molecule has 0 bridgehead atoms. The van der Waals surface area contributed by atoms with E-state index in [1.165, 1.54) is 6.08 Å². The maximum atomic E-state index is 11.1. The van der Waals surface area contributed by atoms with Crippen molar-refractivity contribution in [2.75, 3.05) is 0 Å². The average molecular weight is 316 g/mol. The summed E-state index contributed by atoms with van der Waals surface area (Å²) in [5.74, 6) is 0.101. The van der Waals surface area contributed by atoms with Crippen LogP contribution in [0.1, 0.15) is 18.1 Å². The van der Waals surface area contributed by atoms with Crippen LogP contribution in [-0.2, 0) is 9.53 Å². The van der Waals surface area contributed by atoms with E-state index < -0.39 is 0 Å². The number of rotatable bonds is 4. The molecule has 0 amide bonds. The van der Waals surface area contributed by atoms with E-state index in [-0.39, 0.29) is 5.97 Å². The van der Waals surface area contributed by atoms with Gasteiger partial charge < -0.3 is 4.74 Å². The summed E-state index contributed by atoms with van der Waals surface area (Å²) in [6.45, 7) is 1.81. The smallest absolute Gasteiger partial charge is 0.336 e. The van der Waals surface area contributed by atoms with Crippen LogP contribution in [0.3, 0.4) is 0 Å². The zero-order chi connectivity index (χ0) is 16.8. The first-order valence-corrected chi connectivity index (χ1v) is 7.57. The van der Waals surface area contributed by atoms with E-state index in [0.717, 1.165) is 16.8 Å². The number of carbonyl (C=O) groups is 1. The summed E-state index contributed by atoms with van der Waals surface area (Å²) < 4.78 is 4.99. The molecule has 1 aliphatic heterocycles. The summed E-state index contributed by atoms with van der Waals surface area (Å²) in [7, 11) is 0. The number of ether oxygens (including phenoxy) is 1. The normalized spacial score (nSPS) is 15.5. The zero-order valence-electron chi connectivity index (χ0n) is 13.2. The van der Waals surface area contributed by atoms with Crippen LogP contribution in [0.25, 0.3) is 0 Å². The highest BCUT2D eigenvalue weighted by Crippen LogP contribution is 2.12. The minimum atomic E-state index is -0.369. The third-order valence-electron chi connectivity index (χ3n) is 3.36. The second-order valence-corrected chi connectivity index (χ2v) is 5.22. The molecule has 0 fully saturated rings. The third-order valence-corrected chi connectivity index (χ3v) is 3.36. The minimum Gasteiger partial charge on any atom is -0.423 e. The molecule has 4 nitrogen and oxygen atoms in total. The number of esters is 1. The van der Waals surface area contributed by atoms with Crippen LogP contribution in [0.5, 0.6) is 0 Å². The van der Waals surface area contributed by atoms with E-state index in [1.807, 2.05) is 67.6 Å². The Morgan fingerprint density at radius 3 is 1.96 bits per heavy atom. The molecular formula is C20H16N2O2. The zero-order valence-corrected chi connectivity index (χ0v) is 13.2. The van der Waals surface area contributed by atoms with Gasteiger partial charge in [-0.25, -0.2) is 4.79 Å². The van der Waals surface area contributed by atoms with Gasteiger partial charge in [-0.1, -0.05) is 60.7 Å². The molecule has 0 spiro atoms. The molecule has 0 N–H and O–H groups in total. The van der Waals surface area contributed by atoms with Crippen molar-refractivity contribution in [1.82, 2.24) is 0 Å². The number of allylic oxidation sites excluding steroid dienone is 2. The maximum absolute atomic E-state index is 11.1. The Morgan fingerprint density at radius 2 is 1.46 bits per heavy atom. The van der Waals surface area contributed by atoms with Gasteiger partial charge in [-0.05, 0) is 13.0 Å². The molecule has 0 unspecified atom stereocenters. The van der Waals surface area contributed by atoms with E-state index in [1.54, 1.807) is 12.2 Å². The van der Waals surface area contributed by atoms with Crippen LogP contribution >= 0.6 is 0 Å². The fourth-order valence-electron chi connectivity index (χ4n) is 2.25. The van der Waals surface area contributed by atoms with Crippen molar-refractivity contribution < 1.29 is 9.53 Å². The van der Waals surface area contributed by atoms with Crippen molar-refractivity contribution in [3.05, 3.63) is 95.8 Å². The highest BCUT2D eigenvalue weighted by Gasteiger charge is 2.09. The molecule has 0 aliphatic carbocycles. The summed E-state index contributed by atoms with van der Waals surface area (Å²) in [6.07, 6.45) is 4.67. The van der Waals surface area contributed by atoms with Gasteiger partial charge in [-0.15, -0.1) is 5.10 Å². The molecule has 3 rings (SSSR count). The molecule has 118 valence electrons. The van der Waals surface area contributed by atoms with E-state index in [0.29, 0.717) is 11.5 Å². The molecule has 0 saturated carbocycles. The molecule has 1 heterocycles. The summed E-state index contributed by atoms with van der Waals surface area (Å²) in [5.41, 5.74) is 3.40. The number of carbonyl (C=O) groups excluding carboxylic acids is 1. The highest BCUT2D eigenvalue weighted by molar-refractivity contribution is 6.13. The van der Waals surface area contributed by atoms with Crippen molar-refractivity contribution in [3.63, 3.8) is 0 Å². The number of nitrogens with zero attached hydrogens (tertiary/aromatic N) is 2. The van der Waals surface area contributed by atoms with Gasteiger partial charge >= 0.3 is 5.97 Å². The SMILES string of the molecule is CC(/C=C1/C=CC(=O)O1)=N\N=C(c1ccccc1)c1ccccc1. The van der Waals surface area contributed by atoms with Crippen molar-refractivity contribution in [3.8, 4) is 0 Å². The number of benzene rings is 2. The summed E-state index contributed by atoms with van der Waals surface area (Å²) in [4.78, 5) is 11.1. The Kier molecular flexibility index (Phi) is 4.77. The predicted octanol–water partition coefficient (Wildman–Crippen LogP) is 3.90. The molecule has 2 aromatic carbocycles. The topological polar surface area (TPSA) is 51.0 Å². The molecule has 0 aromatic heterocycles. The van der Waals surface area contributed by atoms with Gasteiger partial charge in [0, 0.05) is 23.3 Å². The Morgan fingerprint density at radius 1 is 0.875 bits per heavy atom. The summed E-state index contributed by atoms with van der Waals surface area (Å²) in [5, 5.41) is 8.69. The number of cyclic esters (lactones) is 1. The predicted molar refractivity (Wildman–Crippen MR) is 94.9 cm³/mol. The van der Waals surface area contributed by atoms with Gasteiger partial charge in [0.05, 0.1) is 5.71 Å². The quantitative estimate of drug-likeness (QED) is 0.488. The number of hydrogen-bond donors (Lipinski definition) is 0. The average Bonchev–Trinajstić information content (AvgIpc) is 3.02.